The molecular formula is C15H13Cl2F4NO. The molecule has 0 aliphatic heterocycles. The maximum absolute atomic E-state index is 14.2. The number of alkyl halides is 3. The molecule has 0 bridgehead atoms. The zero-order chi connectivity index (χ0) is 16.5. The minimum absolute atomic E-state index is 0. The summed E-state index contributed by atoms with van der Waals surface area (Å²) in [5.74, 6) is -0.908. The number of aryl methyl sites for hydroxylation is 1. The molecule has 126 valence electrons. The van der Waals surface area contributed by atoms with Crippen LogP contribution in [0.3, 0.4) is 0 Å². The summed E-state index contributed by atoms with van der Waals surface area (Å²) in [5, 5.41) is 0.159. The van der Waals surface area contributed by atoms with Gasteiger partial charge in [0, 0.05) is 10.6 Å². The van der Waals surface area contributed by atoms with Crippen LogP contribution < -0.4 is 10.5 Å². The molecule has 0 aromatic heterocycles. The molecule has 0 spiro atoms. The molecule has 0 fully saturated rings. The summed E-state index contributed by atoms with van der Waals surface area (Å²) in [6, 6.07) is 7.06. The minimum Gasteiger partial charge on any atom is -0.406 e. The van der Waals surface area contributed by atoms with E-state index in [1.54, 1.807) is 6.92 Å². The van der Waals surface area contributed by atoms with Crippen molar-refractivity contribution in [3.8, 4) is 5.75 Å². The van der Waals surface area contributed by atoms with E-state index >= 15 is 0 Å². The Morgan fingerprint density at radius 2 is 1.65 bits per heavy atom. The van der Waals surface area contributed by atoms with Crippen molar-refractivity contribution in [3.05, 3.63) is 63.9 Å². The third-order valence-electron chi connectivity index (χ3n) is 3.10. The number of ether oxygens (including phenoxy) is 1. The zero-order valence-electron chi connectivity index (χ0n) is 11.8. The number of hydrogen-bond acceptors (Lipinski definition) is 2. The van der Waals surface area contributed by atoms with Crippen molar-refractivity contribution in [2.45, 2.75) is 19.3 Å². The topological polar surface area (TPSA) is 35.2 Å². The molecule has 0 heterocycles. The highest BCUT2D eigenvalue weighted by molar-refractivity contribution is 6.31. The van der Waals surface area contributed by atoms with Gasteiger partial charge in [-0.15, -0.1) is 25.6 Å². The van der Waals surface area contributed by atoms with E-state index in [0.717, 1.165) is 12.1 Å². The van der Waals surface area contributed by atoms with Crippen LogP contribution in [0, 0.1) is 12.7 Å². The summed E-state index contributed by atoms with van der Waals surface area (Å²) in [4.78, 5) is 0. The van der Waals surface area contributed by atoms with E-state index in [2.05, 4.69) is 4.74 Å². The fourth-order valence-electron chi connectivity index (χ4n) is 2.01. The number of hydrogen-bond donors (Lipinski definition) is 1. The first kappa shape index (κ1) is 19.5. The van der Waals surface area contributed by atoms with E-state index in [4.69, 9.17) is 17.3 Å². The average molecular weight is 370 g/mol. The van der Waals surface area contributed by atoms with Crippen LogP contribution in [0.4, 0.5) is 17.6 Å². The Morgan fingerprint density at radius 3 is 2.17 bits per heavy atom. The van der Waals surface area contributed by atoms with Crippen LogP contribution >= 0.6 is 24.0 Å². The van der Waals surface area contributed by atoms with Crippen molar-refractivity contribution in [1.82, 2.24) is 0 Å². The van der Waals surface area contributed by atoms with Gasteiger partial charge in [-0.2, -0.15) is 0 Å². The van der Waals surface area contributed by atoms with Gasteiger partial charge >= 0.3 is 6.36 Å². The SMILES string of the molecule is Cc1ccc(Cl)c([C@H](N)c2ccc(OC(F)(F)F)cc2)c1F.Cl. The number of nitrogens with two attached hydrogens (primary N) is 1. The lowest BCUT2D eigenvalue weighted by Crippen LogP contribution is -2.18. The van der Waals surface area contributed by atoms with Gasteiger partial charge < -0.3 is 10.5 Å². The Bertz CT molecular complexity index is 674. The fourth-order valence-corrected chi connectivity index (χ4v) is 2.27. The van der Waals surface area contributed by atoms with E-state index in [9.17, 15) is 17.6 Å². The lowest BCUT2D eigenvalue weighted by atomic mass is 9.97. The predicted octanol–water partition coefficient (Wildman–Crippen LogP) is 5.16. The van der Waals surface area contributed by atoms with Crippen LogP contribution in [-0.2, 0) is 0 Å². The number of halogens is 6. The van der Waals surface area contributed by atoms with Gasteiger partial charge in [-0.25, -0.2) is 4.39 Å². The molecule has 0 aliphatic carbocycles. The van der Waals surface area contributed by atoms with E-state index < -0.39 is 18.2 Å². The summed E-state index contributed by atoms with van der Waals surface area (Å²) in [6.45, 7) is 1.57. The van der Waals surface area contributed by atoms with E-state index in [0.29, 0.717) is 11.1 Å². The molecule has 0 aliphatic rings. The van der Waals surface area contributed by atoms with Crippen molar-refractivity contribution < 1.29 is 22.3 Å². The van der Waals surface area contributed by atoms with Crippen molar-refractivity contribution >= 4 is 24.0 Å². The molecule has 0 unspecified atom stereocenters. The molecule has 2 N–H and O–H groups in total. The fraction of sp³-hybridized carbons (Fsp3) is 0.200. The standard InChI is InChI=1S/C15H12ClF4NO.ClH/c1-8-2-7-11(16)12(13(8)17)14(21)9-3-5-10(6-4-9)22-15(18,19)20;/h2-7,14H,21H2,1H3;1H/t14-;/m1./s1. The van der Waals surface area contributed by atoms with Gasteiger partial charge in [-0.1, -0.05) is 29.8 Å². The largest absolute Gasteiger partial charge is 0.573 e. The Labute approximate surface area is 141 Å². The quantitative estimate of drug-likeness (QED) is 0.758. The van der Waals surface area contributed by atoms with Crippen molar-refractivity contribution in [1.29, 1.82) is 0 Å². The minimum atomic E-state index is -4.77. The lowest BCUT2D eigenvalue weighted by Gasteiger charge is -2.17. The highest BCUT2D eigenvalue weighted by Gasteiger charge is 2.31. The average Bonchev–Trinajstić information content (AvgIpc) is 2.42. The summed E-state index contributed by atoms with van der Waals surface area (Å²) in [6.07, 6.45) is -4.77. The van der Waals surface area contributed by atoms with Gasteiger partial charge in [0.25, 0.3) is 0 Å². The van der Waals surface area contributed by atoms with Crippen LogP contribution in [0.2, 0.25) is 5.02 Å². The zero-order valence-corrected chi connectivity index (χ0v) is 13.4. The summed E-state index contributed by atoms with van der Waals surface area (Å²) >= 11 is 5.97. The predicted molar refractivity (Wildman–Crippen MR) is 82.6 cm³/mol. The molecule has 2 nitrogen and oxygen atoms in total. The third kappa shape index (κ3) is 4.73. The molecule has 2 aromatic carbocycles. The van der Waals surface area contributed by atoms with Crippen LogP contribution in [0.5, 0.6) is 5.75 Å². The smallest absolute Gasteiger partial charge is 0.406 e. The summed E-state index contributed by atoms with van der Waals surface area (Å²) in [7, 11) is 0. The van der Waals surface area contributed by atoms with E-state index in [1.807, 2.05) is 0 Å². The maximum Gasteiger partial charge on any atom is 0.573 e. The summed E-state index contributed by atoms with van der Waals surface area (Å²) < 4.78 is 54.2. The molecule has 0 saturated carbocycles. The van der Waals surface area contributed by atoms with Gasteiger partial charge in [-0.05, 0) is 36.2 Å². The van der Waals surface area contributed by atoms with Crippen molar-refractivity contribution in [2.75, 3.05) is 0 Å². The van der Waals surface area contributed by atoms with Gasteiger partial charge in [0.1, 0.15) is 11.6 Å². The normalized spacial score (nSPS) is 12.5. The number of rotatable bonds is 3. The van der Waals surface area contributed by atoms with Gasteiger partial charge in [0.2, 0.25) is 0 Å². The highest BCUT2D eigenvalue weighted by Crippen LogP contribution is 2.32. The molecule has 1 atom stereocenters. The van der Waals surface area contributed by atoms with Gasteiger partial charge in [0.15, 0.2) is 0 Å². The van der Waals surface area contributed by atoms with E-state index in [-0.39, 0.29) is 28.7 Å². The molecule has 0 radical (unpaired) electrons. The maximum atomic E-state index is 14.2. The summed E-state index contributed by atoms with van der Waals surface area (Å²) in [5.41, 5.74) is 6.88. The first-order valence-electron chi connectivity index (χ1n) is 6.25. The Morgan fingerprint density at radius 1 is 1.09 bits per heavy atom. The second kappa shape index (κ2) is 7.38. The second-order valence-electron chi connectivity index (χ2n) is 4.69. The first-order chi connectivity index (χ1) is 10.2. The van der Waals surface area contributed by atoms with E-state index in [1.165, 1.54) is 24.3 Å². The molecular weight excluding hydrogens is 357 g/mol. The van der Waals surface area contributed by atoms with Crippen LogP contribution in [0.1, 0.15) is 22.7 Å². The third-order valence-corrected chi connectivity index (χ3v) is 3.43. The van der Waals surface area contributed by atoms with Gasteiger partial charge in [0.05, 0.1) is 6.04 Å². The van der Waals surface area contributed by atoms with Gasteiger partial charge in [-0.3, -0.25) is 0 Å². The Kier molecular flexibility index (Phi) is 6.27. The monoisotopic (exact) mass is 369 g/mol. The molecule has 8 heteroatoms. The van der Waals surface area contributed by atoms with Crippen molar-refractivity contribution in [3.63, 3.8) is 0 Å². The first-order valence-corrected chi connectivity index (χ1v) is 6.62. The Hall–Kier alpha value is -1.50. The molecule has 0 saturated heterocycles. The lowest BCUT2D eigenvalue weighted by molar-refractivity contribution is -0.274. The van der Waals surface area contributed by atoms with Crippen LogP contribution in [0.15, 0.2) is 36.4 Å². The molecule has 2 aromatic rings. The Balaban J connectivity index is 0.00000264. The number of benzene rings is 2. The van der Waals surface area contributed by atoms with Crippen molar-refractivity contribution in [2.24, 2.45) is 5.73 Å². The molecule has 2 rings (SSSR count). The molecule has 0 amide bonds. The van der Waals surface area contributed by atoms with Crippen LogP contribution in [-0.4, -0.2) is 6.36 Å². The molecule has 23 heavy (non-hydrogen) atoms. The van der Waals surface area contributed by atoms with Crippen LogP contribution in [0.25, 0.3) is 0 Å². The second-order valence-corrected chi connectivity index (χ2v) is 5.09. The highest BCUT2D eigenvalue weighted by atomic mass is 35.5.